The molecular weight excluding hydrogens is 180 g/mol. The highest BCUT2D eigenvalue weighted by Crippen LogP contribution is 2.15. The second-order valence-corrected chi connectivity index (χ2v) is 3.10. The molecule has 0 aromatic carbocycles. The minimum atomic E-state index is 0.250. The van der Waals surface area contributed by atoms with E-state index in [1.165, 1.54) is 16.7 Å². The number of fused-ring (bicyclic) bond motifs is 1. The molecule has 2 rings (SSSR count). The molecular formula is C10H12N2O2. The van der Waals surface area contributed by atoms with Gasteiger partial charge in [-0.1, -0.05) is 0 Å². The highest BCUT2D eigenvalue weighted by atomic mass is 16.2. The molecule has 0 fully saturated rings. The van der Waals surface area contributed by atoms with Crippen LogP contribution in [0.2, 0.25) is 0 Å². The molecule has 0 unspecified atom stereocenters. The molecule has 0 bridgehead atoms. The van der Waals surface area contributed by atoms with E-state index >= 15 is 0 Å². The number of nitrogens with zero attached hydrogens (tertiary/aromatic N) is 1. The van der Waals surface area contributed by atoms with Crippen LogP contribution in [-0.2, 0) is 22.6 Å². The van der Waals surface area contributed by atoms with Crippen LogP contribution in [0.4, 0.5) is 0 Å². The molecule has 4 heteroatoms. The van der Waals surface area contributed by atoms with E-state index in [2.05, 4.69) is 17.2 Å². The van der Waals surface area contributed by atoms with E-state index in [0.717, 1.165) is 19.5 Å². The van der Waals surface area contributed by atoms with Crippen molar-refractivity contribution in [3.05, 3.63) is 29.1 Å². The Morgan fingerprint density at radius 3 is 2.79 bits per heavy atom. The predicted molar refractivity (Wildman–Crippen MR) is 49.4 cm³/mol. The second-order valence-electron chi connectivity index (χ2n) is 3.10. The molecule has 0 spiro atoms. The fourth-order valence-electron chi connectivity index (χ4n) is 1.59. The minimum absolute atomic E-state index is 0.250. The van der Waals surface area contributed by atoms with Gasteiger partial charge in [-0.15, -0.1) is 0 Å². The number of nitrogens with one attached hydrogen (secondary N) is 1. The zero-order chi connectivity index (χ0) is 10.4. The average molecular weight is 192 g/mol. The van der Waals surface area contributed by atoms with Crippen LogP contribution in [0.3, 0.4) is 0 Å². The van der Waals surface area contributed by atoms with Crippen LogP contribution in [0.1, 0.15) is 16.7 Å². The molecule has 0 aliphatic carbocycles. The van der Waals surface area contributed by atoms with Crippen LogP contribution >= 0.6 is 0 Å². The maximum atomic E-state index is 8.12. The summed E-state index contributed by atoms with van der Waals surface area (Å²) in [4.78, 5) is 20.4. The monoisotopic (exact) mass is 192 g/mol. The molecule has 0 amide bonds. The lowest BCUT2D eigenvalue weighted by Gasteiger charge is -2.17. The normalized spacial score (nSPS) is 13.2. The van der Waals surface area contributed by atoms with E-state index in [4.69, 9.17) is 9.59 Å². The van der Waals surface area contributed by atoms with Crippen molar-refractivity contribution < 1.29 is 9.59 Å². The topological polar surface area (TPSA) is 59.1 Å². The van der Waals surface area contributed by atoms with E-state index in [1.54, 1.807) is 0 Å². The van der Waals surface area contributed by atoms with E-state index in [0.29, 0.717) is 0 Å². The summed E-state index contributed by atoms with van der Waals surface area (Å²) in [6, 6.07) is 0. The Bertz CT molecular complexity index is 344. The van der Waals surface area contributed by atoms with Crippen molar-refractivity contribution in [2.24, 2.45) is 0 Å². The van der Waals surface area contributed by atoms with Crippen molar-refractivity contribution in [2.75, 3.05) is 6.54 Å². The average Bonchev–Trinajstić information content (AvgIpc) is 2.20. The predicted octanol–water partition coefficient (Wildman–Crippen LogP) is 0.452. The van der Waals surface area contributed by atoms with E-state index in [1.807, 2.05) is 12.4 Å². The van der Waals surface area contributed by atoms with Gasteiger partial charge in [-0.25, -0.2) is 0 Å². The molecule has 0 radical (unpaired) electrons. The summed E-state index contributed by atoms with van der Waals surface area (Å²) in [5, 5.41) is 3.33. The van der Waals surface area contributed by atoms with Crippen molar-refractivity contribution in [1.29, 1.82) is 0 Å². The van der Waals surface area contributed by atoms with E-state index in [-0.39, 0.29) is 6.15 Å². The summed E-state index contributed by atoms with van der Waals surface area (Å²) < 4.78 is 0. The van der Waals surface area contributed by atoms with Crippen molar-refractivity contribution >= 4 is 6.15 Å². The lowest BCUT2D eigenvalue weighted by atomic mass is 9.99. The van der Waals surface area contributed by atoms with Crippen LogP contribution in [0.25, 0.3) is 0 Å². The number of rotatable bonds is 0. The first-order valence-corrected chi connectivity index (χ1v) is 4.42. The molecule has 0 saturated carbocycles. The summed E-state index contributed by atoms with van der Waals surface area (Å²) in [6.07, 6.45) is 5.32. The molecule has 1 aromatic rings. The van der Waals surface area contributed by atoms with Gasteiger partial charge in [0, 0.05) is 18.9 Å². The SMILES string of the molecule is Cc1cncc2c1CCNC2.O=C=O. The third-order valence-corrected chi connectivity index (χ3v) is 2.23. The van der Waals surface area contributed by atoms with Crippen LogP contribution in [0.5, 0.6) is 0 Å². The van der Waals surface area contributed by atoms with Gasteiger partial charge >= 0.3 is 6.15 Å². The summed E-state index contributed by atoms with van der Waals surface area (Å²) in [7, 11) is 0. The Hall–Kier alpha value is -1.51. The minimum Gasteiger partial charge on any atom is -0.312 e. The van der Waals surface area contributed by atoms with Gasteiger partial charge < -0.3 is 5.32 Å². The highest BCUT2D eigenvalue weighted by molar-refractivity contribution is 5.32. The number of pyridine rings is 1. The van der Waals surface area contributed by atoms with Crippen molar-refractivity contribution in [3.8, 4) is 0 Å². The molecule has 4 nitrogen and oxygen atoms in total. The van der Waals surface area contributed by atoms with Gasteiger partial charge in [0.25, 0.3) is 0 Å². The van der Waals surface area contributed by atoms with Gasteiger partial charge in [0.1, 0.15) is 0 Å². The van der Waals surface area contributed by atoms with Gasteiger partial charge in [-0.3, -0.25) is 4.98 Å². The number of hydrogen-bond donors (Lipinski definition) is 1. The summed E-state index contributed by atoms with van der Waals surface area (Å²) in [5.41, 5.74) is 4.21. The van der Waals surface area contributed by atoms with Gasteiger partial charge in [0.15, 0.2) is 0 Å². The number of aromatic nitrogens is 1. The number of carbonyl (C=O) groups excluding carboxylic acids is 2. The molecule has 1 N–H and O–H groups in total. The first kappa shape index (κ1) is 10.6. The first-order valence-electron chi connectivity index (χ1n) is 4.42. The molecule has 2 heterocycles. The highest BCUT2D eigenvalue weighted by Gasteiger charge is 2.09. The third kappa shape index (κ3) is 2.49. The maximum Gasteiger partial charge on any atom is 0.373 e. The third-order valence-electron chi connectivity index (χ3n) is 2.23. The van der Waals surface area contributed by atoms with Crippen LogP contribution in [0.15, 0.2) is 12.4 Å². The van der Waals surface area contributed by atoms with Gasteiger partial charge in [0.05, 0.1) is 0 Å². The van der Waals surface area contributed by atoms with Crippen LogP contribution in [-0.4, -0.2) is 17.7 Å². The number of hydrogen-bond acceptors (Lipinski definition) is 4. The van der Waals surface area contributed by atoms with Crippen LogP contribution in [0, 0.1) is 6.92 Å². The Labute approximate surface area is 82.3 Å². The summed E-state index contributed by atoms with van der Waals surface area (Å²) in [6.45, 7) is 4.24. The summed E-state index contributed by atoms with van der Waals surface area (Å²) >= 11 is 0. The zero-order valence-electron chi connectivity index (χ0n) is 8.04. The Morgan fingerprint density at radius 2 is 2.14 bits per heavy atom. The Balaban J connectivity index is 0.000000293. The molecule has 0 atom stereocenters. The molecule has 1 aromatic heterocycles. The van der Waals surface area contributed by atoms with Crippen molar-refractivity contribution in [3.63, 3.8) is 0 Å². The van der Waals surface area contributed by atoms with E-state index < -0.39 is 0 Å². The standard InChI is InChI=1S/C9H12N2.CO2/c1-7-4-11-6-8-5-10-3-2-9(7)8;2-1-3/h4,6,10H,2-3,5H2,1H3;. The smallest absolute Gasteiger partial charge is 0.312 e. The van der Waals surface area contributed by atoms with Crippen molar-refractivity contribution in [1.82, 2.24) is 10.3 Å². The molecule has 74 valence electrons. The second kappa shape index (κ2) is 5.27. The molecule has 1 aliphatic heterocycles. The summed E-state index contributed by atoms with van der Waals surface area (Å²) in [5.74, 6) is 0. The van der Waals surface area contributed by atoms with E-state index in [9.17, 15) is 0 Å². The largest absolute Gasteiger partial charge is 0.373 e. The molecule has 1 aliphatic rings. The zero-order valence-corrected chi connectivity index (χ0v) is 8.04. The quantitative estimate of drug-likeness (QED) is 0.648. The fraction of sp³-hybridized carbons (Fsp3) is 0.400. The van der Waals surface area contributed by atoms with Crippen molar-refractivity contribution in [2.45, 2.75) is 19.9 Å². The molecule has 0 saturated heterocycles. The fourth-order valence-corrected chi connectivity index (χ4v) is 1.59. The Morgan fingerprint density at radius 1 is 1.43 bits per heavy atom. The number of aryl methyl sites for hydroxylation is 1. The van der Waals surface area contributed by atoms with Crippen LogP contribution < -0.4 is 5.32 Å². The maximum absolute atomic E-state index is 8.12. The van der Waals surface area contributed by atoms with Gasteiger partial charge in [-0.05, 0) is 36.6 Å². The lowest BCUT2D eigenvalue weighted by Crippen LogP contribution is -2.24. The first-order chi connectivity index (χ1) is 6.79. The lowest BCUT2D eigenvalue weighted by molar-refractivity contribution is -0.191. The Kier molecular flexibility index (Phi) is 3.98. The van der Waals surface area contributed by atoms with Gasteiger partial charge in [0.2, 0.25) is 0 Å². The van der Waals surface area contributed by atoms with Gasteiger partial charge in [-0.2, -0.15) is 9.59 Å². The molecule has 14 heavy (non-hydrogen) atoms.